The Bertz CT molecular complexity index is 1210. The van der Waals surface area contributed by atoms with Crippen molar-refractivity contribution < 1.29 is 0 Å². The summed E-state index contributed by atoms with van der Waals surface area (Å²) >= 11 is 0. The van der Waals surface area contributed by atoms with Crippen molar-refractivity contribution in [3.63, 3.8) is 0 Å². The normalized spacial score (nSPS) is 11.9. The Morgan fingerprint density at radius 2 is 0.941 bits per heavy atom. The lowest BCUT2D eigenvalue weighted by atomic mass is 9.86. The molecule has 0 aliphatic rings. The largest absolute Gasteiger partial charge is 0.228 e. The molecule has 2 nitrogen and oxygen atoms in total. The summed E-state index contributed by atoms with van der Waals surface area (Å²) in [6, 6.07) is 27.8. The Morgan fingerprint density at radius 3 is 1.32 bits per heavy atom. The van der Waals surface area contributed by atoms with Gasteiger partial charge < -0.3 is 0 Å². The summed E-state index contributed by atoms with van der Waals surface area (Å²) in [6.07, 6.45) is 1.86. The first-order valence-corrected chi connectivity index (χ1v) is 11.9. The van der Waals surface area contributed by atoms with Crippen molar-refractivity contribution in [1.82, 2.24) is 9.97 Å². The van der Waals surface area contributed by atoms with E-state index >= 15 is 0 Å². The van der Waals surface area contributed by atoms with Crippen LogP contribution in [-0.4, -0.2) is 9.97 Å². The van der Waals surface area contributed by atoms with Crippen LogP contribution in [0.3, 0.4) is 0 Å². The summed E-state index contributed by atoms with van der Waals surface area (Å²) in [5.41, 5.74) is 8.92. The molecular weight excluding hydrogens is 412 g/mol. The van der Waals surface area contributed by atoms with E-state index in [9.17, 15) is 0 Å². The molecule has 3 aromatic carbocycles. The Kier molecular flexibility index (Phi) is 6.27. The van der Waals surface area contributed by atoms with E-state index in [1.54, 1.807) is 0 Å². The molecule has 1 heterocycles. The molecule has 172 valence electrons. The van der Waals surface area contributed by atoms with Gasteiger partial charge in [0.1, 0.15) is 0 Å². The molecule has 2 heteroatoms. The van der Waals surface area contributed by atoms with Crippen LogP contribution >= 0.6 is 0 Å². The third-order valence-electron chi connectivity index (χ3n) is 6.22. The van der Waals surface area contributed by atoms with E-state index in [0.29, 0.717) is 0 Å². The Labute approximate surface area is 204 Å². The van der Waals surface area contributed by atoms with E-state index in [2.05, 4.69) is 127 Å². The third kappa shape index (κ3) is 5.17. The fourth-order valence-electron chi connectivity index (χ4n) is 3.92. The van der Waals surface area contributed by atoms with Gasteiger partial charge in [0.2, 0.25) is 0 Å². The summed E-state index contributed by atoms with van der Waals surface area (Å²) in [4.78, 5) is 9.96. The van der Waals surface area contributed by atoms with Crippen LogP contribution in [0.5, 0.6) is 0 Å². The molecule has 0 spiro atoms. The van der Waals surface area contributed by atoms with Crippen LogP contribution in [0.4, 0.5) is 0 Å². The molecule has 4 rings (SSSR count). The quantitative estimate of drug-likeness (QED) is 0.313. The highest BCUT2D eigenvalue weighted by atomic mass is 14.9. The highest BCUT2D eigenvalue weighted by Gasteiger charge is 2.16. The van der Waals surface area contributed by atoms with E-state index in [1.165, 1.54) is 11.1 Å². The first-order chi connectivity index (χ1) is 16.0. The smallest absolute Gasteiger partial charge is 0.160 e. The van der Waals surface area contributed by atoms with Crippen molar-refractivity contribution in [2.24, 2.45) is 0 Å². The van der Waals surface area contributed by atoms with Crippen molar-refractivity contribution in [3.8, 4) is 33.9 Å². The number of rotatable bonds is 4. The highest BCUT2D eigenvalue weighted by Crippen LogP contribution is 2.31. The van der Waals surface area contributed by atoms with Gasteiger partial charge in [0, 0.05) is 16.7 Å². The number of aromatic nitrogens is 2. The molecule has 0 N–H and O–H groups in total. The fourth-order valence-corrected chi connectivity index (χ4v) is 3.92. The maximum atomic E-state index is 4.99. The molecule has 0 unspecified atom stereocenters. The Balaban J connectivity index is 1.83. The lowest BCUT2D eigenvalue weighted by Gasteiger charge is -2.19. The summed E-state index contributed by atoms with van der Waals surface area (Å²) in [5.74, 6) is 0.737. The summed E-state index contributed by atoms with van der Waals surface area (Å²) in [6.45, 7) is 17.2. The zero-order chi connectivity index (χ0) is 24.5. The minimum Gasteiger partial charge on any atom is -0.228 e. The van der Waals surface area contributed by atoms with E-state index in [-0.39, 0.29) is 10.8 Å². The zero-order valence-electron chi connectivity index (χ0n) is 21.2. The van der Waals surface area contributed by atoms with Gasteiger partial charge in [-0.05, 0) is 33.6 Å². The van der Waals surface area contributed by atoms with Gasteiger partial charge in [-0.1, -0.05) is 127 Å². The Morgan fingerprint density at radius 1 is 0.559 bits per heavy atom. The lowest BCUT2D eigenvalue weighted by molar-refractivity contribution is 0.590. The molecule has 0 amide bonds. The second kappa shape index (κ2) is 9.02. The third-order valence-corrected chi connectivity index (χ3v) is 6.22. The van der Waals surface area contributed by atoms with Crippen molar-refractivity contribution in [3.05, 3.63) is 102 Å². The molecule has 0 fully saturated rings. The van der Waals surface area contributed by atoms with E-state index in [0.717, 1.165) is 39.5 Å². The van der Waals surface area contributed by atoms with Gasteiger partial charge in [-0.25, -0.2) is 9.97 Å². The number of hydrogen-bond acceptors (Lipinski definition) is 2. The standard InChI is InChI=1S/C32H34N2/c1-8-22-9-11-23(12-10-22)28-21-29(24-13-17-26(18-14-24)31(2,3)4)34-30(33-28)25-15-19-27(20-16-25)32(5,6)7/h8-21H,1H2,2-7H3. The van der Waals surface area contributed by atoms with E-state index in [1.807, 2.05) is 6.08 Å². The molecule has 0 radical (unpaired) electrons. The van der Waals surface area contributed by atoms with E-state index < -0.39 is 0 Å². The van der Waals surface area contributed by atoms with Crippen LogP contribution in [0.15, 0.2) is 85.4 Å². The lowest BCUT2D eigenvalue weighted by Crippen LogP contribution is -2.10. The van der Waals surface area contributed by atoms with Gasteiger partial charge in [0.05, 0.1) is 11.4 Å². The van der Waals surface area contributed by atoms with Crippen molar-refractivity contribution in [2.75, 3.05) is 0 Å². The van der Waals surface area contributed by atoms with Crippen molar-refractivity contribution in [1.29, 1.82) is 0 Å². The van der Waals surface area contributed by atoms with Gasteiger partial charge in [0.15, 0.2) is 5.82 Å². The fraction of sp³-hybridized carbons (Fsp3) is 0.250. The van der Waals surface area contributed by atoms with Crippen LogP contribution in [0.2, 0.25) is 0 Å². The minimum atomic E-state index is 0.105. The molecule has 4 aromatic rings. The van der Waals surface area contributed by atoms with Gasteiger partial charge in [0.25, 0.3) is 0 Å². The minimum absolute atomic E-state index is 0.105. The topological polar surface area (TPSA) is 25.8 Å². The summed E-state index contributed by atoms with van der Waals surface area (Å²) in [5, 5.41) is 0. The predicted octanol–water partition coefficient (Wildman–Crippen LogP) is 8.72. The molecule has 0 saturated heterocycles. The second-order valence-electron chi connectivity index (χ2n) is 10.9. The predicted molar refractivity (Wildman–Crippen MR) is 146 cm³/mol. The number of nitrogens with zero attached hydrogens (tertiary/aromatic N) is 2. The molecule has 0 aliphatic heterocycles. The number of hydrogen-bond donors (Lipinski definition) is 0. The average Bonchev–Trinajstić information content (AvgIpc) is 2.83. The molecular formula is C32H34N2. The number of benzene rings is 3. The second-order valence-corrected chi connectivity index (χ2v) is 10.9. The van der Waals surface area contributed by atoms with Crippen LogP contribution in [-0.2, 0) is 10.8 Å². The first kappa shape index (κ1) is 23.6. The molecule has 0 aliphatic carbocycles. The molecule has 34 heavy (non-hydrogen) atoms. The summed E-state index contributed by atoms with van der Waals surface area (Å²) in [7, 11) is 0. The summed E-state index contributed by atoms with van der Waals surface area (Å²) < 4.78 is 0. The average molecular weight is 447 g/mol. The zero-order valence-corrected chi connectivity index (χ0v) is 21.2. The van der Waals surface area contributed by atoms with E-state index in [4.69, 9.17) is 9.97 Å². The van der Waals surface area contributed by atoms with Crippen LogP contribution in [0.25, 0.3) is 40.0 Å². The maximum absolute atomic E-state index is 4.99. The maximum Gasteiger partial charge on any atom is 0.160 e. The molecule has 0 atom stereocenters. The van der Waals surface area contributed by atoms with Crippen LogP contribution in [0, 0.1) is 0 Å². The Hall–Kier alpha value is -3.52. The van der Waals surface area contributed by atoms with Gasteiger partial charge in [-0.15, -0.1) is 0 Å². The van der Waals surface area contributed by atoms with Crippen molar-refractivity contribution in [2.45, 2.75) is 52.4 Å². The first-order valence-electron chi connectivity index (χ1n) is 11.9. The van der Waals surface area contributed by atoms with Gasteiger partial charge >= 0.3 is 0 Å². The molecule has 0 saturated carbocycles. The SMILES string of the molecule is C=Cc1ccc(-c2cc(-c3ccc(C(C)(C)C)cc3)nc(-c3ccc(C(C)(C)C)cc3)n2)cc1. The van der Waals surface area contributed by atoms with Crippen molar-refractivity contribution >= 4 is 6.08 Å². The molecule has 1 aromatic heterocycles. The van der Waals surface area contributed by atoms with Crippen LogP contribution < -0.4 is 0 Å². The van der Waals surface area contributed by atoms with Gasteiger partial charge in [-0.2, -0.15) is 0 Å². The van der Waals surface area contributed by atoms with Crippen LogP contribution in [0.1, 0.15) is 58.2 Å². The van der Waals surface area contributed by atoms with Gasteiger partial charge in [-0.3, -0.25) is 0 Å². The molecule has 0 bridgehead atoms. The monoisotopic (exact) mass is 446 g/mol. The highest BCUT2D eigenvalue weighted by molar-refractivity contribution is 5.72.